The Labute approximate surface area is 129 Å². The van der Waals surface area contributed by atoms with Crippen LogP contribution in [0.2, 0.25) is 0 Å². The van der Waals surface area contributed by atoms with Gasteiger partial charge in [-0.3, -0.25) is 0 Å². The topological polar surface area (TPSA) is 46.5 Å². The Morgan fingerprint density at radius 2 is 1.67 bits per heavy atom. The van der Waals surface area contributed by atoms with Crippen molar-refractivity contribution >= 4 is 7.60 Å². The summed E-state index contributed by atoms with van der Waals surface area (Å²) in [7, 11) is -3.57. The molecule has 0 fully saturated rings. The molecule has 0 amide bonds. The molecule has 1 unspecified atom stereocenters. The van der Waals surface area contributed by atoms with E-state index in [1.54, 1.807) is 0 Å². The minimum Gasteiger partial charge on any atom is -0.424 e. The molecule has 0 saturated heterocycles. The maximum atomic E-state index is 12.1. The second kappa shape index (κ2) is 6.14. The van der Waals surface area contributed by atoms with E-state index in [1.165, 1.54) is 5.56 Å². The molecule has 0 radical (unpaired) electrons. The van der Waals surface area contributed by atoms with Gasteiger partial charge >= 0.3 is 7.60 Å². The quantitative estimate of drug-likeness (QED) is 0.772. The molecule has 1 rings (SSSR count). The van der Waals surface area contributed by atoms with Crippen molar-refractivity contribution in [3.8, 4) is 5.75 Å². The molecule has 0 spiro atoms. The van der Waals surface area contributed by atoms with Crippen molar-refractivity contribution in [3.05, 3.63) is 29.3 Å². The molecular weight excluding hydrogens is 283 g/mol. The van der Waals surface area contributed by atoms with Crippen LogP contribution in [0, 0.1) is 0 Å². The van der Waals surface area contributed by atoms with E-state index in [4.69, 9.17) is 4.52 Å². The van der Waals surface area contributed by atoms with Gasteiger partial charge in [-0.15, -0.1) is 0 Å². The van der Waals surface area contributed by atoms with E-state index in [2.05, 4.69) is 47.6 Å². The first kappa shape index (κ1) is 18.3. The molecule has 0 bridgehead atoms. The van der Waals surface area contributed by atoms with E-state index < -0.39 is 7.60 Å². The highest BCUT2D eigenvalue weighted by molar-refractivity contribution is 7.53. The van der Waals surface area contributed by atoms with Gasteiger partial charge in [-0.25, -0.2) is 4.57 Å². The first-order valence-electron chi connectivity index (χ1n) is 7.53. The summed E-state index contributed by atoms with van der Waals surface area (Å²) < 4.78 is 17.6. The summed E-state index contributed by atoms with van der Waals surface area (Å²) in [6, 6.07) is 5.91. The summed E-state index contributed by atoms with van der Waals surface area (Å²) in [5.41, 5.74) is 2.05. The van der Waals surface area contributed by atoms with Crippen molar-refractivity contribution in [2.75, 3.05) is 6.16 Å². The second-order valence-corrected chi connectivity index (χ2v) is 9.57. The van der Waals surface area contributed by atoms with Gasteiger partial charge in [0.2, 0.25) is 0 Å². The predicted molar refractivity (Wildman–Crippen MR) is 89.5 cm³/mol. The minimum absolute atomic E-state index is 0.0326. The van der Waals surface area contributed by atoms with E-state index in [1.807, 2.05) is 19.1 Å². The van der Waals surface area contributed by atoms with Gasteiger partial charge < -0.3 is 9.42 Å². The lowest BCUT2D eigenvalue weighted by Gasteiger charge is -2.27. The molecule has 0 aliphatic rings. The maximum Gasteiger partial charge on any atom is 0.376 e. The monoisotopic (exact) mass is 312 g/mol. The zero-order valence-electron chi connectivity index (χ0n) is 14.4. The summed E-state index contributed by atoms with van der Waals surface area (Å²) in [5.74, 6) is 0.523. The number of hydrogen-bond donors (Lipinski definition) is 1. The number of rotatable bonds is 4. The van der Waals surface area contributed by atoms with E-state index >= 15 is 0 Å². The Balaban J connectivity index is 3.30. The van der Waals surface area contributed by atoms with Crippen LogP contribution in [-0.4, -0.2) is 11.1 Å². The molecular formula is C17H29O3P. The third-order valence-electron chi connectivity index (χ3n) is 3.40. The molecule has 0 aliphatic heterocycles. The maximum absolute atomic E-state index is 12.1. The predicted octanol–water partition coefficient (Wildman–Crippen LogP) is 5.26. The van der Waals surface area contributed by atoms with Crippen LogP contribution in [0.4, 0.5) is 0 Å². The molecule has 1 aromatic rings. The SMILES string of the molecule is CCCP(=O)(O)Oc1ccc(C(C)(C)C)cc1C(C)(C)C. The molecule has 1 atom stereocenters. The van der Waals surface area contributed by atoms with Crippen LogP contribution in [0.25, 0.3) is 0 Å². The first-order valence-corrected chi connectivity index (χ1v) is 9.29. The highest BCUT2D eigenvalue weighted by Crippen LogP contribution is 2.46. The minimum atomic E-state index is -3.57. The molecule has 0 saturated carbocycles. The van der Waals surface area contributed by atoms with Gasteiger partial charge in [-0.2, -0.15) is 0 Å². The zero-order chi connectivity index (χ0) is 16.5. The Morgan fingerprint density at radius 3 is 2.10 bits per heavy atom. The van der Waals surface area contributed by atoms with Gasteiger partial charge in [0.25, 0.3) is 0 Å². The fraction of sp³-hybridized carbons (Fsp3) is 0.647. The van der Waals surface area contributed by atoms with Crippen LogP contribution in [0.5, 0.6) is 5.75 Å². The van der Waals surface area contributed by atoms with Crippen LogP contribution < -0.4 is 4.52 Å². The molecule has 1 aromatic carbocycles. The third-order valence-corrected chi connectivity index (χ3v) is 4.90. The zero-order valence-corrected chi connectivity index (χ0v) is 15.3. The molecule has 21 heavy (non-hydrogen) atoms. The van der Waals surface area contributed by atoms with Crippen LogP contribution >= 0.6 is 7.60 Å². The summed E-state index contributed by atoms with van der Waals surface area (Å²) in [5, 5.41) is 0. The van der Waals surface area contributed by atoms with Crippen molar-refractivity contribution in [2.45, 2.75) is 65.7 Å². The van der Waals surface area contributed by atoms with Crippen LogP contribution in [-0.2, 0) is 15.4 Å². The largest absolute Gasteiger partial charge is 0.424 e. The fourth-order valence-electron chi connectivity index (χ4n) is 2.14. The molecule has 3 nitrogen and oxygen atoms in total. The molecule has 0 aliphatic carbocycles. The first-order chi connectivity index (χ1) is 9.37. The van der Waals surface area contributed by atoms with Gasteiger partial charge in [-0.05, 0) is 28.9 Å². The highest BCUT2D eigenvalue weighted by atomic mass is 31.2. The molecule has 0 heterocycles. The standard InChI is InChI=1S/C17H29O3P/c1-8-11-21(18,19)20-15-10-9-13(16(2,3)4)12-14(15)17(5,6)7/h9-10,12H,8,11H2,1-7H3,(H,18,19). The fourth-order valence-corrected chi connectivity index (χ4v) is 3.27. The Hall–Kier alpha value is -0.790. The van der Waals surface area contributed by atoms with Crippen LogP contribution in [0.3, 0.4) is 0 Å². The van der Waals surface area contributed by atoms with Crippen molar-refractivity contribution in [1.29, 1.82) is 0 Å². The molecule has 120 valence electrons. The van der Waals surface area contributed by atoms with E-state index in [-0.39, 0.29) is 17.0 Å². The van der Waals surface area contributed by atoms with E-state index in [0.717, 1.165) is 5.56 Å². The Bertz CT molecular complexity index is 536. The second-order valence-electron chi connectivity index (χ2n) is 7.66. The lowest BCUT2D eigenvalue weighted by Crippen LogP contribution is -2.17. The average molecular weight is 312 g/mol. The van der Waals surface area contributed by atoms with Gasteiger partial charge in [0, 0.05) is 5.56 Å². The van der Waals surface area contributed by atoms with Gasteiger partial charge in [-0.1, -0.05) is 60.6 Å². The summed E-state index contributed by atoms with van der Waals surface area (Å²) in [6.07, 6.45) is 0.802. The average Bonchev–Trinajstić information content (AvgIpc) is 2.25. The van der Waals surface area contributed by atoms with Crippen molar-refractivity contribution in [3.63, 3.8) is 0 Å². The smallest absolute Gasteiger partial charge is 0.376 e. The molecule has 1 N–H and O–H groups in total. The molecule has 0 aromatic heterocycles. The Morgan fingerprint density at radius 1 is 1.10 bits per heavy atom. The van der Waals surface area contributed by atoms with Gasteiger partial charge in [0.1, 0.15) is 5.75 Å². The van der Waals surface area contributed by atoms with E-state index in [9.17, 15) is 9.46 Å². The number of hydrogen-bond acceptors (Lipinski definition) is 2. The summed E-state index contributed by atoms with van der Waals surface area (Å²) in [6.45, 7) is 14.6. The lowest BCUT2D eigenvalue weighted by atomic mass is 9.80. The van der Waals surface area contributed by atoms with E-state index in [0.29, 0.717) is 12.2 Å². The van der Waals surface area contributed by atoms with Crippen LogP contribution in [0.15, 0.2) is 18.2 Å². The number of benzene rings is 1. The molecule has 4 heteroatoms. The van der Waals surface area contributed by atoms with Crippen molar-refractivity contribution < 1.29 is 14.0 Å². The summed E-state index contributed by atoms with van der Waals surface area (Å²) >= 11 is 0. The van der Waals surface area contributed by atoms with Crippen molar-refractivity contribution in [2.24, 2.45) is 0 Å². The lowest BCUT2D eigenvalue weighted by molar-refractivity contribution is 0.373. The van der Waals surface area contributed by atoms with Gasteiger partial charge in [0.15, 0.2) is 0 Å². The summed E-state index contributed by atoms with van der Waals surface area (Å²) in [4.78, 5) is 9.92. The van der Waals surface area contributed by atoms with Crippen molar-refractivity contribution in [1.82, 2.24) is 0 Å². The van der Waals surface area contributed by atoms with Crippen LogP contribution in [0.1, 0.15) is 66.0 Å². The highest BCUT2D eigenvalue weighted by Gasteiger charge is 2.27. The third kappa shape index (κ3) is 5.16. The normalized spacial score (nSPS) is 15.6. The Kier molecular flexibility index (Phi) is 5.34. The van der Waals surface area contributed by atoms with Gasteiger partial charge in [0.05, 0.1) is 6.16 Å².